The average Bonchev–Trinajstić information content (AvgIpc) is 3.13. The van der Waals surface area contributed by atoms with Gasteiger partial charge in [0.25, 0.3) is 10.7 Å². The highest BCUT2D eigenvalue weighted by molar-refractivity contribution is 7.71. The molecule has 0 saturated carbocycles. The number of nitrogens with one attached hydrogen (secondary N) is 2. The van der Waals surface area contributed by atoms with Gasteiger partial charge >= 0.3 is 0 Å². The minimum absolute atomic E-state index is 0.0360. The maximum atomic E-state index is 12.3. The molecule has 1 aliphatic heterocycles. The van der Waals surface area contributed by atoms with Crippen molar-refractivity contribution in [2.45, 2.75) is 25.8 Å². The van der Waals surface area contributed by atoms with Crippen LogP contribution < -0.4 is 5.32 Å². The van der Waals surface area contributed by atoms with Gasteiger partial charge in [-0.05, 0) is 50.2 Å². The Morgan fingerprint density at radius 2 is 2.09 bits per heavy atom. The quantitative estimate of drug-likeness (QED) is 0.851. The second kappa shape index (κ2) is 5.92. The van der Waals surface area contributed by atoms with E-state index in [4.69, 9.17) is 16.6 Å². The topological polar surface area (TPSA) is 78.3 Å². The van der Waals surface area contributed by atoms with Crippen molar-refractivity contribution >= 4 is 35.1 Å². The molecule has 0 radical (unpaired) electrons. The standard InChI is InChI=1S/C15H17N3O3S/c1-9(14(20)18-6-2-3-7-18)16-13(19)10-4-5-11-12(8-10)21-15(22)17-11/h4-5,8-9H,2-3,6-7H2,1H3,(H,16,19)(H,17,22)/t9-/m0/s1. The molecule has 0 spiro atoms. The van der Waals surface area contributed by atoms with E-state index in [-0.39, 0.29) is 16.7 Å². The predicted octanol–water partition coefficient (Wildman–Crippen LogP) is 2.23. The molecule has 6 nitrogen and oxygen atoms in total. The van der Waals surface area contributed by atoms with E-state index in [1.807, 2.05) is 0 Å². The van der Waals surface area contributed by atoms with Crippen LogP contribution >= 0.6 is 12.2 Å². The molecule has 0 aliphatic carbocycles. The largest absolute Gasteiger partial charge is 0.429 e. The van der Waals surface area contributed by atoms with Gasteiger partial charge < -0.3 is 19.6 Å². The van der Waals surface area contributed by atoms with Crippen LogP contribution in [-0.4, -0.2) is 40.8 Å². The Kier molecular flexibility index (Phi) is 3.98. The normalized spacial score (nSPS) is 16.0. The van der Waals surface area contributed by atoms with Crippen LogP contribution in [0.5, 0.6) is 0 Å². The number of hydrogen-bond acceptors (Lipinski definition) is 4. The average molecular weight is 319 g/mol. The summed E-state index contributed by atoms with van der Waals surface area (Å²) in [5.41, 5.74) is 1.70. The number of oxazole rings is 1. The zero-order valence-electron chi connectivity index (χ0n) is 12.2. The number of amides is 2. The summed E-state index contributed by atoms with van der Waals surface area (Å²) in [5.74, 6) is -0.338. The minimum atomic E-state index is -0.543. The van der Waals surface area contributed by atoms with E-state index in [0.717, 1.165) is 31.4 Å². The van der Waals surface area contributed by atoms with Crippen molar-refractivity contribution < 1.29 is 14.0 Å². The number of carbonyl (C=O) groups excluding carboxylic acids is 2. The van der Waals surface area contributed by atoms with E-state index in [2.05, 4.69) is 10.3 Å². The molecule has 2 heterocycles. The van der Waals surface area contributed by atoms with Gasteiger partial charge in [-0.1, -0.05) is 0 Å². The van der Waals surface area contributed by atoms with Gasteiger partial charge in [0.2, 0.25) is 5.91 Å². The summed E-state index contributed by atoms with van der Waals surface area (Å²) in [4.78, 5) is 29.4. The Hall–Kier alpha value is -2.15. The lowest BCUT2D eigenvalue weighted by Gasteiger charge is -2.21. The van der Waals surface area contributed by atoms with Gasteiger partial charge in [0.05, 0.1) is 5.52 Å². The molecule has 2 N–H and O–H groups in total. The lowest BCUT2D eigenvalue weighted by molar-refractivity contribution is -0.131. The molecule has 3 rings (SSSR count). The summed E-state index contributed by atoms with van der Waals surface area (Å²) in [6.45, 7) is 3.25. The minimum Gasteiger partial charge on any atom is -0.429 e. The summed E-state index contributed by atoms with van der Waals surface area (Å²) in [6, 6.07) is 4.48. The van der Waals surface area contributed by atoms with Crippen molar-refractivity contribution in [3.8, 4) is 0 Å². The van der Waals surface area contributed by atoms with Gasteiger partial charge in [-0.3, -0.25) is 9.59 Å². The van der Waals surface area contributed by atoms with Crippen LogP contribution in [-0.2, 0) is 4.79 Å². The first-order valence-corrected chi connectivity index (χ1v) is 7.68. The second-order valence-electron chi connectivity index (χ2n) is 5.45. The summed E-state index contributed by atoms with van der Waals surface area (Å²) in [6.07, 6.45) is 2.06. The van der Waals surface area contributed by atoms with Crippen LogP contribution in [0.15, 0.2) is 22.6 Å². The summed E-state index contributed by atoms with van der Waals surface area (Å²) in [5, 5.41) is 2.74. The van der Waals surface area contributed by atoms with E-state index >= 15 is 0 Å². The van der Waals surface area contributed by atoms with E-state index in [0.29, 0.717) is 11.1 Å². The van der Waals surface area contributed by atoms with Gasteiger partial charge in [-0.25, -0.2) is 0 Å². The fourth-order valence-corrected chi connectivity index (χ4v) is 2.84. The third-order valence-electron chi connectivity index (χ3n) is 3.82. The number of nitrogens with zero attached hydrogens (tertiary/aromatic N) is 1. The molecule has 1 aromatic carbocycles. The fraction of sp³-hybridized carbons (Fsp3) is 0.400. The first kappa shape index (κ1) is 14.8. The van der Waals surface area contributed by atoms with Crippen molar-refractivity contribution in [3.63, 3.8) is 0 Å². The molecule has 1 atom stereocenters. The van der Waals surface area contributed by atoms with Gasteiger partial charge in [0.15, 0.2) is 5.58 Å². The van der Waals surface area contributed by atoms with E-state index in [9.17, 15) is 9.59 Å². The lowest BCUT2D eigenvalue weighted by atomic mass is 10.1. The smallest absolute Gasteiger partial charge is 0.266 e. The summed E-state index contributed by atoms with van der Waals surface area (Å²) in [7, 11) is 0. The molecule has 2 amide bonds. The maximum absolute atomic E-state index is 12.3. The highest BCUT2D eigenvalue weighted by atomic mass is 32.1. The van der Waals surface area contributed by atoms with E-state index in [1.54, 1.807) is 30.0 Å². The van der Waals surface area contributed by atoms with Gasteiger partial charge in [-0.15, -0.1) is 0 Å². The molecular formula is C15H17N3O3S. The number of likely N-dealkylation sites (tertiary alicyclic amines) is 1. The first-order valence-electron chi connectivity index (χ1n) is 7.27. The fourth-order valence-electron chi connectivity index (χ4n) is 2.64. The number of H-pyrrole nitrogens is 1. The molecular weight excluding hydrogens is 302 g/mol. The van der Waals surface area contributed by atoms with Crippen molar-refractivity contribution in [3.05, 3.63) is 28.6 Å². The number of hydrogen-bond donors (Lipinski definition) is 2. The Morgan fingerprint density at radius 1 is 1.36 bits per heavy atom. The van der Waals surface area contributed by atoms with Gasteiger partial charge in [0, 0.05) is 18.7 Å². The van der Waals surface area contributed by atoms with Gasteiger partial charge in [0.1, 0.15) is 6.04 Å². The first-order chi connectivity index (χ1) is 10.5. The molecule has 7 heteroatoms. The Morgan fingerprint density at radius 3 is 2.82 bits per heavy atom. The third kappa shape index (κ3) is 2.89. The van der Waals surface area contributed by atoms with Crippen LogP contribution in [0.2, 0.25) is 0 Å². The highest BCUT2D eigenvalue weighted by Crippen LogP contribution is 2.16. The van der Waals surface area contributed by atoms with Crippen LogP contribution in [0.25, 0.3) is 11.1 Å². The molecule has 0 bridgehead atoms. The van der Waals surface area contributed by atoms with E-state index < -0.39 is 6.04 Å². The van der Waals surface area contributed by atoms with Crippen molar-refractivity contribution in [2.75, 3.05) is 13.1 Å². The zero-order chi connectivity index (χ0) is 15.7. The molecule has 1 fully saturated rings. The van der Waals surface area contributed by atoms with Crippen LogP contribution in [0, 0.1) is 4.84 Å². The molecule has 22 heavy (non-hydrogen) atoms. The summed E-state index contributed by atoms with van der Waals surface area (Å²) >= 11 is 4.91. The van der Waals surface area contributed by atoms with Crippen LogP contribution in [0.1, 0.15) is 30.1 Å². The monoisotopic (exact) mass is 319 g/mol. The molecule has 1 aliphatic rings. The van der Waals surface area contributed by atoms with Crippen molar-refractivity contribution in [1.82, 2.24) is 15.2 Å². The van der Waals surface area contributed by atoms with Crippen LogP contribution in [0.3, 0.4) is 0 Å². The van der Waals surface area contributed by atoms with Crippen molar-refractivity contribution in [1.29, 1.82) is 0 Å². The van der Waals surface area contributed by atoms with Crippen molar-refractivity contribution in [2.24, 2.45) is 0 Å². The zero-order valence-corrected chi connectivity index (χ0v) is 13.0. The molecule has 2 aromatic rings. The lowest BCUT2D eigenvalue weighted by Crippen LogP contribution is -2.45. The highest BCUT2D eigenvalue weighted by Gasteiger charge is 2.24. The second-order valence-corrected chi connectivity index (χ2v) is 5.82. The molecule has 1 aromatic heterocycles. The SMILES string of the molecule is C[C@H](NC(=O)c1ccc2[nH]c(=S)oc2c1)C(=O)N1CCCC1. The van der Waals surface area contributed by atoms with Crippen LogP contribution in [0.4, 0.5) is 0 Å². The summed E-state index contributed by atoms with van der Waals surface area (Å²) < 4.78 is 5.30. The predicted molar refractivity (Wildman–Crippen MR) is 84.1 cm³/mol. The number of rotatable bonds is 3. The van der Waals surface area contributed by atoms with E-state index in [1.165, 1.54) is 0 Å². The Balaban J connectivity index is 1.71. The molecule has 116 valence electrons. The number of benzene rings is 1. The van der Waals surface area contributed by atoms with Gasteiger partial charge in [-0.2, -0.15) is 0 Å². The number of carbonyl (C=O) groups is 2. The molecule has 1 saturated heterocycles. The maximum Gasteiger partial charge on any atom is 0.266 e. The number of aromatic amines is 1. The number of aromatic nitrogens is 1. The number of fused-ring (bicyclic) bond motifs is 1. The third-order valence-corrected chi connectivity index (χ3v) is 4.00. The Bertz CT molecular complexity index is 774. The Labute approximate surface area is 132 Å². The molecule has 0 unspecified atom stereocenters.